The highest BCUT2D eigenvalue weighted by Gasteiger charge is 2.78. The normalized spacial score (nSPS) is 39.6. The smallest absolute Gasteiger partial charge is 0.311 e. The van der Waals surface area contributed by atoms with E-state index in [9.17, 15) is 4.79 Å². The van der Waals surface area contributed by atoms with Crippen molar-refractivity contribution < 1.29 is 14.3 Å². The molecule has 202 valence electrons. The van der Waals surface area contributed by atoms with Crippen LogP contribution in [0.2, 0.25) is 5.02 Å². The van der Waals surface area contributed by atoms with Gasteiger partial charge >= 0.3 is 5.97 Å². The summed E-state index contributed by atoms with van der Waals surface area (Å²) in [6.45, 7) is 9.35. The van der Waals surface area contributed by atoms with Gasteiger partial charge in [0.15, 0.2) is 0 Å². The molecule has 0 N–H and O–H groups in total. The fourth-order valence-corrected chi connectivity index (χ4v) is 8.95. The van der Waals surface area contributed by atoms with Crippen molar-refractivity contribution in [3.05, 3.63) is 70.7 Å². The summed E-state index contributed by atoms with van der Waals surface area (Å²) in [5.41, 5.74) is 2.68. The van der Waals surface area contributed by atoms with Gasteiger partial charge in [0.25, 0.3) is 0 Å². The van der Waals surface area contributed by atoms with Crippen molar-refractivity contribution >= 4 is 17.6 Å². The van der Waals surface area contributed by atoms with E-state index in [-0.39, 0.29) is 47.1 Å². The van der Waals surface area contributed by atoms with Gasteiger partial charge in [0.05, 0.1) is 18.1 Å². The Morgan fingerprint density at radius 1 is 1.03 bits per heavy atom. The second-order valence-corrected chi connectivity index (χ2v) is 13.2. The van der Waals surface area contributed by atoms with Crippen molar-refractivity contribution in [1.82, 2.24) is 9.80 Å². The van der Waals surface area contributed by atoms with E-state index in [4.69, 9.17) is 21.1 Å². The van der Waals surface area contributed by atoms with Gasteiger partial charge in [-0.05, 0) is 48.4 Å². The summed E-state index contributed by atoms with van der Waals surface area (Å²) in [6.07, 6.45) is 4.87. The molecule has 2 unspecified atom stereocenters. The summed E-state index contributed by atoms with van der Waals surface area (Å²) in [5, 5.41) is 0.763. The zero-order chi connectivity index (χ0) is 26.1. The maximum absolute atomic E-state index is 13.2. The number of benzene rings is 2. The highest BCUT2D eigenvalue weighted by Crippen LogP contribution is 2.70. The van der Waals surface area contributed by atoms with Crippen LogP contribution in [-0.2, 0) is 14.3 Å². The maximum Gasteiger partial charge on any atom is 0.311 e. The minimum atomic E-state index is -0.0733. The van der Waals surface area contributed by atoms with Crippen LogP contribution in [-0.4, -0.2) is 66.3 Å². The van der Waals surface area contributed by atoms with Gasteiger partial charge in [-0.25, -0.2) is 0 Å². The zero-order valence-electron chi connectivity index (χ0n) is 22.5. The lowest BCUT2D eigenvalue weighted by atomic mass is 9.53. The molecule has 0 radical (unpaired) electrons. The van der Waals surface area contributed by atoms with E-state index in [0.717, 1.165) is 44.2 Å². The van der Waals surface area contributed by atoms with Crippen molar-refractivity contribution in [3.8, 4) is 0 Å². The quantitative estimate of drug-likeness (QED) is 0.370. The maximum atomic E-state index is 13.2. The van der Waals surface area contributed by atoms with Gasteiger partial charge in [-0.1, -0.05) is 74.3 Å². The third kappa shape index (κ3) is 3.88. The summed E-state index contributed by atoms with van der Waals surface area (Å²) >= 11 is 6.21. The molecule has 2 aromatic rings. The molecule has 8 atom stereocenters. The third-order valence-corrected chi connectivity index (χ3v) is 11.0. The van der Waals surface area contributed by atoms with E-state index in [1.165, 1.54) is 30.4 Å². The van der Waals surface area contributed by atoms with Crippen LogP contribution in [0.1, 0.15) is 56.7 Å². The van der Waals surface area contributed by atoms with Crippen molar-refractivity contribution in [1.29, 1.82) is 0 Å². The van der Waals surface area contributed by atoms with Gasteiger partial charge in [0, 0.05) is 49.1 Å². The van der Waals surface area contributed by atoms with Crippen LogP contribution in [0.25, 0.3) is 0 Å². The molecule has 5 aliphatic rings. The van der Waals surface area contributed by atoms with Gasteiger partial charge in [0.2, 0.25) is 0 Å². The van der Waals surface area contributed by atoms with Crippen molar-refractivity contribution in [2.24, 2.45) is 23.2 Å². The molecule has 3 heterocycles. The molecular formula is C32H39ClN2O3. The Bertz CT molecular complexity index is 1180. The van der Waals surface area contributed by atoms with Gasteiger partial charge in [0.1, 0.15) is 11.7 Å². The SMILES string of the molecule is C[C@H]1CCC[C@]2(C)C[C@H]3OC(=O)C(CN4CCN(C(c5ccccc5)c5ccc(Cl)cc5)CC4)[C@H]3[C@@H]3O[C@@]132. The predicted molar refractivity (Wildman–Crippen MR) is 148 cm³/mol. The van der Waals surface area contributed by atoms with Crippen LogP contribution in [0, 0.1) is 23.2 Å². The van der Waals surface area contributed by atoms with Crippen LogP contribution in [0.15, 0.2) is 54.6 Å². The highest BCUT2D eigenvalue weighted by molar-refractivity contribution is 6.30. The minimum Gasteiger partial charge on any atom is -0.462 e. The standard InChI is InChI=1S/C32H39ClN2O3/c1-21-7-6-14-31(2)19-26-27(29-32(21,31)38-29)25(30(36)37-26)20-34-15-17-35(18-16-34)28(22-8-4-3-5-9-22)23-10-12-24(33)13-11-23/h3-5,8-13,21,25-29H,6-7,14-20H2,1-2H3/t21-,25?,26+,27+,28?,29-,31+,32-/m0/s1. The molecule has 3 saturated heterocycles. The number of hydrogen-bond acceptors (Lipinski definition) is 5. The number of rotatable bonds is 5. The first-order valence-corrected chi connectivity index (χ1v) is 14.9. The summed E-state index contributed by atoms with van der Waals surface area (Å²) < 4.78 is 12.7. The third-order valence-electron chi connectivity index (χ3n) is 10.7. The summed E-state index contributed by atoms with van der Waals surface area (Å²) in [7, 11) is 0. The van der Waals surface area contributed by atoms with E-state index >= 15 is 0 Å². The van der Waals surface area contributed by atoms with Crippen molar-refractivity contribution in [3.63, 3.8) is 0 Å². The number of esters is 1. The Labute approximate surface area is 231 Å². The molecule has 2 aromatic carbocycles. The van der Waals surface area contributed by atoms with Gasteiger partial charge in [-0.3, -0.25) is 14.6 Å². The summed E-state index contributed by atoms with van der Waals surface area (Å²) in [5.74, 6) is 0.706. The van der Waals surface area contributed by atoms with Crippen LogP contribution in [0.5, 0.6) is 0 Å². The van der Waals surface area contributed by atoms with Crippen LogP contribution < -0.4 is 0 Å². The number of piperazine rings is 1. The summed E-state index contributed by atoms with van der Waals surface area (Å²) in [6, 6.07) is 19.2. The number of carbonyl (C=O) groups is 1. The lowest BCUT2D eigenvalue weighted by Gasteiger charge is -2.49. The van der Waals surface area contributed by atoms with E-state index in [1.807, 2.05) is 12.1 Å². The fourth-order valence-electron chi connectivity index (χ4n) is 8.82. The summed E-state index contributed by atoms with van der Waals surface area (Å²) in [4.78, 5) is 18.3. The van der Waals surface area contributed by atoms with Crippen LogP contribution in [0.4, 0.5) is 0 Å². The molecule has 3 aliphatic heterocycles. The molecule has 2 saturated carbocycles. The van der Waals surface area contributed by atoms with Gasteiger partial charge < -0.3 is 9.47 Å². The van der Waals surface area contributed by atoms with Crippen molar-refractivity contribution in [2.45, 2.75) is 63.4 Å². The van der Waals surface area contributed by atoms with Gasteiger partial charge in [-0.2, -0.15) is 0 Å². The number of ether oxygens (including phenoxy) is 2. The fraction of sp³-hybridized carbons (Fsp3) is 0.594. The molecular weight excluding hydrogens is 496 g/mol. The monoisotopic (exact) mass is 534 g/mol. The average Bonchev–Trinajstić information content (AvgIpc) is 3.61. The molecule has 6 heteroatoms. The molecule has 5 fully saturated rings. The Morgan fingerprint density at radius 3 is 2.47 bits per heavy atom. The Balaban J connectivity index is 1.05. The number of epoxide rings is 1. The molecule has 7 rings (SSSR count). The van der Waals surface area contributed by atoms with Gasteiger partial charge in [-0.15, -0.1) is 0 Å². The highest BCUT2D eigenvalue weighted by atomic mass is 35.5. The number of carbonyl (C=O) groups excluding carboxylic acids is 1. The molecule has 0 bridgehead atoms. The molecule has 2 aliphatic carbocycles. The molecule has 5 nitrogen and oxygen atoms in total. The first-order valence-electron chi connectivity index (χ1n) is 14.5. The number of nitrogens with zero attached hydrogens (tertiary/aromatic N) is 2. The molecule has 0 aromatic heterocycles. The van der Waals surface area contributed by atoms with E-state index in [2.05, 4.69) is 66.1 Å². The molecule has 0 amide bonds. The van der Waals surface area contributed by atoms with E-state index < -0.39 is 0 Å². The van der Waals surface area contributed by atoms with Crippen LogP contribution >= 0.6 is 11.6 Å². The largest absolute Gasteiger partial charge is 0.462 e. The lowest BCUT2D eigenvalue weighted by molar-refractivity contribution is -0.146. The molecule has 38 heavy (non-hydrogen) atoms. The van der Waals surface area contributed by atoms with E-state index in [1.54, 1.807) is 0 Å². The molecule has 1 spiro atoms. The minimum absolute atomic E-state index is 0.00584. The van der Waals surface area contributed by atoms with Crippen LogP contribution in [0.3, 0.4) is 0 Å². The number of hydrogen-bond donors (Lipinski definition) is 0. The topological polar surface area (TPSA) is 45.3 Å². The Hall–Kier alpha value is -1.92. The Kier molecular flexibility index (Phi) is 6.16. The lowest BCUT2D eigenvalue weighted by Crippen LogP contribution is -2.55. The predicted octanol–water partition coefficient (Wildman–Crippen LogP) is 5.57. The second kappa shape index (κ2) is 9.33. The average molecular weight is 535 g/mol. The first-order chi connectivity index (χ1) is 18.4. The second-order valence-electron chi connectivity index (χ2n) is 12.8. The van der Waals surface area contributed by atoms with Crippen molar-refractivity contribution in [2.75, 3.05) is 32.7 Å². The number of halogens is 1. The number of fused-ring (bicyclic) bond motifs is 2. The van der Waals surface area contributed by atoms with E-state index in [0.29, 0.717) is 5.92 Å². The first kappa shape index (κ1) is 25.1. The zero-order valence-corrected chi connectivity index (χ0v) is 23.3. The Morgan fingerprint density at radius 2 is 1.74 bits per heavy atom.